The number of esters is 1. The number of hydrogen-bond donors (Lipinski definition) is 2. The smallest absolute Gasteiger partial charge is 0.310 e. The van der Waals surface area contributed by atoms with Gasteiger partial charge in [-0.3, -0.25) is 9.59 Å². The fourth-order valence-electron chi connectivity index (χ4n) is 1.24. The molecular formula is C12H24N2O4. The second-order valence-corrected chi connectivity index (χ2v) is 4.49. The lowest BCUT2D eigenvalue weighted by atomic mass is 10.1. The Labute approximate surface area is 108 Å². The van der Waals surface area contributed by atoms with Crippen LogP contribution >= 0.6 is 0 Å². The molecule has 0 bridgehead atoms. The predicted molar refractivity (Wildman–Crippen MR) is 67.9 cm³/mol. The average molecular weight is 260 g/mol. The van der Waals surface area contributed by atoms with Gasteiger partial charge < -0.3 is 20.5 Å². The van der Waals surface area contributed by atoms with Crippen molar-refractivity contribution in [2.75, 3.05) is 20.2 Å². The summed E-state index contributed by atoms with van der Waals surface area (Å²) in [6.07, 6.45) is -0.243. The quantitative estimate of drug-likeness (QED) is 0.602. The van der Waals surface area contributed by atoms with Crippen molar-refractivity contribution >= 4 is 11.9 Å². The molecule has 0 fully saturated rings. The topological polar surface area (TPSA) is 90.6 Å². The molecule has 0 radical (unpaired) electrons. The first kappa shape index (κ1) is 16.9. The Bertz CT molecular complexity index is 265. The number of rotatable bonds is 8. The van der Waals surface area contributed by atoms with E-state index in [-0.39, 0.29) is 49.5 Å². The van der Waals surface area contributed by atoms with Gasteiger partial charge in [-0.1, -0.05) is 6.92 Å². The van der Waals surface area contributed by atoms with Gasteiger partial charge >= 0.3 is 5.97 Å². The van der Waals surface area contributed by atoms with Gasteiger partial charge in [-0.05, 0) is 13.8 Å². The maximum atomic E-state index is 11.5. The third-order valence-electron chi connectivity index (χ3n) is 2.37. The van der Waals surface area contributed by atoms with E-state index in [2.05, 4.69) is 5.32 Å². The number of hydrogen-bond acceptors (Lipinski definition) is 5. The van der Waals surface area contributed by atoms with Crippen molar-refractivity contribution in [3.05, 3.63) is 0 Å². The minimum absolute atomic E-state index is 0.147. The van der Waals surface area contributed by atoms with Gasteiger partial charge in [-0.25, -0.2) is 0 Å². The first-order valence-corrected chi connectivity index (χ1v) is 6.10. The van der Waals surface area contributed by atoms with Crippen LogP contribution in [0, 0.1) is 5.92 Å². The van der Waals surface area contributed by atoms with Gasteiger partial charge in [0.15, 0.2) is 0 Å². The molecule has 2 unspecified atom stereocenters. The predicted octanol–water partition coefficient (Wildman–Crippen LogP) is 0.0541. The molecule has 2 atom stereocenters. The van der Waals surface area contributed by atoms with Gasteiger partial charge in [0.2, 0.25) is 5.91 Å². The van der Waals surface area contributed by atoms with Gasteiger partial charge in [0.05, 0.1) is 24.5 Å². The SMILES string of the molecule is COC(CN)CC(=O)NCC(C)C(=O)OC(C)C. The molecule has 0 saturated heterocycles. The van der Waals surface area contributed by atoms with E-state index >= 15 is 0 Å². The number of nitrogens with two attached hydrogens (primary N) is 1. The normalized spacial score (nSPS) is 14.1. The summed E-state index contributed by atoms with van der Waals surface area (Å²) in [5, 5.41) is 2.66. The Morgan fingerprint density at radius 1 is 1.28 bits per heavy atom. The van der Waals surface area contributed by atoms with Gasteiger partial charge in [0, 0.05) is 20.2 Å². The fraction of sp³-hybridized carbons (Fsp3) is 0.833. The number of methoxy groups -OCH3 is 1. The van der Waals surface area contributed by atoms with Crippen LogP contribution in [0.3, 0.4) is 0 Å². The standard InChI is InChI=1S/C12H24N2O4/c1-8(2)18-12(16)9(3)7-14-11(15)5-10(6-13)17-4/h8-10H,5-7,13H2,1-4H3,(H,14,15). The number of ether oxygens (including phenoxy) is 2. The van der Waals surface area contributed by atoms with E-state index in [1.165, 1.54) is 7.11 Å². The molecule has 0 aromatic heterocycles. The fourth-order valence-corrected chi connectivity index (χ4v) is 1.24. The minimum Gasteiger partial charge on any atom is -0.463 e. The summed E-state index contributed by atoms with van der Waals surface area (Å²) in [5.74, 6) is -0.862. The van der Waals surface area contributed by atoms with Crippen molar-refractivity contribution in [3.8, 4) is 0 Å². The third kappa shape index (κ3) is 7.24. The molecular weight excluding hydrogens is 236 g/mol. The zero-order chi connectivity index (χ0) is 14.1. The van der Waals surface area contributed by atoms with E-state index in [0.29, 0.717) is 0 Å². The summed E-state index contributed by atoms with van der Waals surface area (Å²) >= 11 is 0. The highest BCUT2D eigenvalue weighted by atomic mass is 16.5. The third-order valence-corrected chi connectivity index (χ3v) is 2.37. The zero-order valence-corrected chi connectivity index (χ0v) is 11.6. The molecule has 0 saturated carbocycles. The Balaban J connectivity index is 3.94. The molecule has 3 N–H and O–H groups in total. The van der Waals surface area contributed by atoms with Crippen LogP contribution < -0.4 is 11.1 Å². The van der Waals surface area contributed by atoms with Crippen LogP contribution in [0.25, 0.3) is 0 Å². The van der Waals surface area contributed by atoms with Gasteiger partial charge in [-0.2, -0.15) is 0 Å². The Hall–Kier alpha value is -1.14. The molecule has 106 valence electrons. The Morgan fingerprint density at radius 3 is 2.33 bits per heavy atom. The van der Waals surface area contributed by atoms with E-state index in [0.717, 1.165) is 0 Å². The van der Waals surface area contributed by atoms with E-state index in [1.807, 2.05) is 0 Å². The summed E-state index contributed by atoms with van der Waals surface area (Å²) in [5.41, 5.74) is 5.41. The molecule has 0 rings (SSSR count). The maximum absolute atomic E-state index is 11.5. The van der Waals surface area contributed by atoms with E-state index in [1.54, 1.807) is 20.8 Å². The van der Waals surface area contributed by atoms with Crippen molar-refractivity contribution in [1.82, 2.24) is 5.32 Å². The van der Waals surface area contributed by atoms with Crippen LogP contribution in [-0.4, -0.2) is 44.3 Å². The first-order chi connectivity index (χ1) is 8.40. The number of carbonyl (C=O) groups excluding carboxylic acids is 2. The van der Waals surface area contributed by atoms with Gasteiger partial charge in [-0.15, -0.1) is 0 Å². The van der Waals surface area contributed by atoms with E-state index in [4.69, 9.17) is 15.2 Å². The summed E-state index contributed by atoms with van der Waals surface area (Å²) in [6.45, 7) is 5.82. The molecule has 0 aromatic carbocycles. The summed E-state index contributed by atoms with van der Waals surface area (Å²) in [7, 11) is 1.51. The van der Waals surface area contributed by atoms with Crippen molar-refractivity contribution in [3.63, 3.8) is 0 Å². The molecule has 18 heavy (non-hydrogen) atoms. The van der Waals surface area contributed by atoms with Crippen molar-refractivity contribution in [1.29, 1.82) is 0 Å². The maximum Gasteiger partial charge on any atom is 0.310 e. The van der Waals surface area contributed by atoms with Crippen LogP contribution in [0.1, 0.15) is 27.2 Å². The Morgan fingerprint density at radius 2 is 1.89 bits per heavy atom. The number of amides is 1. The average Bonchev–Trinajstić information content (AvgIpc) is 2.31. The monoisotopic (exact) mass is 260 g/mol. The molecule has 6 heteroatoms. The van der Waals surface area contributed by atoms with Crippen LogP contribution in [-0.2, 0) is 19.1 Å². The lowest BCUT2D eigenvalue weighted by Crippen LogP contribution is -2.36. The van der Waals surface area contributed by atoms with Gasteiger partial charge in [0.25, 0.3) is 0 Å². The second-order valence-electron chi connectivity index (χ2n) is 4.49. The van der Waals surface area contributed by atoms with Gasteiger partial charge in [0.1, 0.15) is 0 Å². The van der Waals surface area contributed by atoms with E-state index < -0.39 is 0 Å². The highest BCUT2D eigenvalue weighted by molar-refractivity contribution is 5.78. The second kappa shape index (κ2) is 8.88. The molecule has 1 amide bonds. The molecule has 0 heterocycles. The van der Waals surface area contributed by atoms with Crippen molar-refractivity contribution in [2.24, 2.45) is 11.7 Å². The zero-order valence-electron chi connectivity index (χ0n) is 11.6. The van der Waals surface area contributed by atoms with Crippen LogP contribution in [0.2, 0.25) is 0 Å². The Kier molecular flexibility index (Phi) is 8.32. The lowest BCUT2D eigenvalue weighted by Gasteiger charge is -2.16. The summed E-state index contributed by atoms with van der Waals surface area (Å²) < 4.78 is 10.0. The highest BCUT2D eigenvalue weighted by Crippen LogP contribution is 2.01. The lowest BCUT2D eigenvalue weighted by molar-refractivity contribution is -0.151. The largest absolute Gasteiger partial charge is 0.463 e. The highest BCUT2D eigenvalue weighted by Gasteiger charge is 2.17. The summed E-state index contributed by atoms with van der Waals surface area (Å²) in [4.78, 5) is 23.0. The van der Waals surface area contributed by atoms with E-state index in [9.17, 15) is 9.59 Å². The molecule has 0 aliphatic heterocycles. The summed E-state index contributed by atoms with van der Waals surface area (Å²) in [6, 6.07) is 0. The molecule has 0 aliphatic rings. The van der Waals surface area contributed by atoms with Crippen LogP contribution in [0.5, 0.6) is 0 Å². The van der Waals surface area contributed by atoms with Crippen molar-refractivity contribution in [2.45, 2.75) is 39.4 Å². The molecule has 0 spiro atoms. The molecule has 0 aliphatic carbocycles. The number of nitrogens with one attached hydrogen (secondary N) is 1. The first-order valence-electron chi connectivity index (χ1n) is 6.10. The molecule has 0 aromatic rings. The molecule has 6 nitrogen and oxygen atoms in total. The van der Waals surface area contributed by atoms with Crippen LogP contribution in [0.4, 0.5) is 0 Å². The van der Waals surface area contributed by atoms with Crippen molar-refractivity contribution < 1.29 is 19.1 Å². The minimum atomic E-state index is -0.366. The number of carbonyl (C=O) groups is 2. The van der Waals surface area contributed by atoms with Crippen LogP contribution in [0.15, 0.2) is 0 Å².